The van der Waals surface area contributed by atoms with Gasteiger partial charge in [-0.05, 0) is 64.0 Å². The lowest BCUT2D eigenvalue weighted by Crippen LogP contribution is -2.30. The number of aromatic nitrogens is 2. The number of benzene rings is 1. The standard InChI is InChI=1S/C26H29F5N6S/c1-15-4-3-8-36(15)14-21-23(16-10-17(26(29,30)31)12-18(27)11-16)34-25(38-21)35-24-22(28)20(5-7-33-24)37-9-6-19(13-37)32-2/h5,7,10-12,15,19,32H,3-4,6,8-9,13-14H2,1-2H3,(H,33,34,35)/t15-,19+/m1/s1. The molecule has 0 bridgehead atoms. The summed E-state index contributed by atoms with van der Waals surface area (Å²) in [6, 6.07) is 4.62. The monoisotopic (exact) mass is 552 g/mol. The van der Waals surface area contributed by atoms with Crippen molar-refractivity contribution in [2.75, 3.05) is 36.9 Å². The van der Waals surface area contributed by atoms with E-state index in [4.69, 9.17) is 0 Å². The Morgan fingerprint density at radius 3 is 2.63 bits per heavy atom. The highest BCUT2D eigenvalue weighted by Crippen LogP contribution is 2.39. The molecule has 38 heavy (non-hydrogen) atoms. The Bertz CT molecular complexity index is 1300. The maximum atomic E-state index is 15.5. The first kappa shape index (κ1) is 26.8. The molecule has 2 aliphatic heterocycles. The first-order valence-electron chi connectivity index (χ1n) is 12.6. The SMILES string of the molecule is CN[C@H]1CCN(c2ccnc(Nc3nc(-c4cc(F)cc(C(F)(F)F)c4)c(CN4CCC[C@H]4C)s3)c2F)C1. The lowest BCUT2D eigenvalue weighted by molar-refractivity contribution is -0.137. The molecule has 2 aromatic heterocycles. The third-order valence-corrected chi connectivity index (χ3v) is 8.22. The summed E-state index contributed by atoms with van der Waals surface area (Å²) in [5.74, 6) is -1.54. The number of alkyl halides is 3. The zero-order valence-electron chi connectivity index (χ0n) is 21.1. The summed E-state index contributed by atoms with van der Waals surface area (Å²) in [5.41, 5.74) is -0.389. The number of likely N-dealkylation sites (tertiary alicyclic amines) is 1. The predicted molar refractivity (Wildman–Crippen MR) is 139 cm³/mol. The summed E-state index contributed by atoms with van der Waals surface area (Å²) >= 11 is 1.21. The van der Waals surface area contributed by atoms with Crippen LogP contribution < -0.4 is 15.5 Å². The van der Waals surface area contributed by atoms with Crippen molar-refractivity contribution in [3.05, 3.63) is 52.5 Å². The van der Waals surface area contributed by atoms with Gasteiger partial charge >= 0.3 is 6.18 Å². The smallest absolute Gasteiger partial charge is 0.367 e. The summed E-state index contributed by atoms with van der Waals surface area (Å²) in [5, 5.41) is 6.41. The molecule has 0 aliphatic carbocycles. The number of thiazole rings is 1. The first-order valence-corrected chi connectivity index (χ1v) is 13.4. The van der Waals surface area contributed by atoms with Crippen molar-refractivity contribution in [1.29, 1.82) is 0 Å². The molecule has 0 radical (unpaired) electrons. The third-order valence-electron chi connectivity index (χ3n) is 7.26. The molecule has 2 saturated heterocycles. The molecule has 4 heterocycles. The van der Waals surface area contributed by atoms with Crippen molar-refractivity contribution in [3.8, 4) is 11.3 Å². The fourth-order valence-electron chi connectivity index (χ4n) is 5.12. The average molecular weight is 553 g/mol. The molecular weight excluding hydrogens is 523 g/mol. The highest BCUT2D eigenvalue weighted by Gasteiger charge is 2.32. The maximum absolute atomic E-state index is 15.5. The van der Waals surface area contributed by atoms with Gasteiger partial charge in [0.25, 0.3) is 0 Å². The second-order valence-corrected chi connectivity index (χ2v) is 10.9. The average Bonchev–Trinajstić information content (AvgIpc) is 3.60. The Morgan fingerprint density at radius 1 is 1.13 bits per heavy atom. The minimum atomic E-state index is -4.70. The zero-order valence-corrected chi connectivity index (χ0v) is 21.9. The van der Waals surface area contributed by atoms with E-state index >= 15 is 4.39 Å². The Hall–Kier alpha value is -2.83. The van der Waals surface area contributed by atoms with Gasteiger partial charge in [0.15, 0.2) is 16.8 Å². The normalized spacial score (nSPS) is 20.4. The largest absolute Gasteiger partial charge is 0.416 e. The Balaban J connectivity index is 1.49. The van der Waals surface area contributed by atoms with Gasteiger partial charge in [0.05, 0.1) is 16.9 Å². The predicted octanol–water partition coefficient (Wildman–Crippen LogP) is 6.03. The highest BCUT2D eigenvalue weighted by molar-refractivity contribution is 7.16. The summed E-state index contributed by atoms with van der Waals surface area (Å²) in [6.45, 7) is 4.76. The molecule has 1 aromatic carbocycles. The number of likely N-dealkylation sites (N-methyl/N-ethyl adjacent to an activating group) is 1. The van der Waals surface area contributed by atoms with Crippen LogP contribution in [0.5, 0.6) is 0 Å². The molecule has 0 amide bonds. The van der Waals surface area contributed by atoms with Gasteiger partial charge in [-0.3, -0.25) is 4.90 Å². The van der Waals surface area contributed by atoms with Crippen molar-refractivity contribution < 1.29 is 22.0 Å². The van der Waals surface area contributed by atoms with Crippen LogP contribution in [0, 0.1) is 11.6 Å². The van der Waals surface area contributed by atoms with Gasteiger partial charge < -0.3 is 15.5 Å². The van der Waals surface area contributed by atoms with Crippen LogP contribution >= 0.6 is 11.3 Å². The van der Waals surface area contributed by atoms with E-state index in [9.17, 15) is 17.6 Å². The van der Waals surface area contributed by atoms with Crippen LogP contribution in [0.3, 0.4) is 0 Å². The maximum Gasteiger partial charge on any atom is 0.416 e. The lowest BCUT2D eigenvalue weighted by Gasteiger charge is -2.20. The zero-order chi connectivity index (χ0) is 27.0. The fourth-order valence-corrected chi connectivity index (χ4v) is 6.13. The van der Waals surface area contributed by atoms with Crippen molar-refractivity contribution in [1.82, 2.24) is 20.2 Å². The highest BCUT2D eigenvalue weighted by atomic mass is 32.1. The number of hydrogen-bond acceptors (Lipinski definition) is 7. The second kappa shape index (κ2) is 10.7. The van der Waals surface area contributed by atoms with Gasteiger partial charge in [0.1, 0.15) is 5.82 Å². The van der Waals surface area contributed by atoms with Crippen LogP contribution in [0.2, 0.25) is 0 Å². The molecule has 5 rings (SSSR count). The van der Waals surface area contributed by atoms with E-state index < -0.39 is 23.4 Å². The topological polar surface area (TPSA) is 56.3 Å². The second-order valence-electron chi connectivity index (χ2n) is 9.82. The van der Waals surface area contributed by atoms with Gasteiger partial charge in [-0.2, -0.15) is 13.2 Å². The van der Waals surface area contributed by atoms with Crippen molar-refractivity contribution in [2.24, 2.45) is 0 Å². The Morgan fingerprint density at radius 2 is 1.95 bits per heavy atom. The van der Waals surface area contributed by atoms with Crippen molar-refractivity contribution in [3.63, 3.8) is 0 Å². The van der Waals surface area contributed by atoms with Crippen molar-refractivity contribution in [2.45, 2.75) is 51.0 Å². The van der Waals surface area contributed by atoms with E-state index in [2.05, 4.69) is 32.4 Å². The van der Waals surface area contributed by atoms with Crippen molar-refractivity contribution >= 4 is 28.0 Å². The third kappa shape index (κ3) is 5.62. The number of halogens is 5. The van der Waals surface area contributed by atoms with E-state index in [1.165, 1.54) is 17.5 Å². The quantitative estimate of drug-likeness (QED) is 0.349. The van der Waals surface area contributed by atoms with Crippen LogP contribution in [0.25, 0.3) is 11.3 Å². The molecule has 2 N–H and O–H groups in total. The fraction of sp³-hybridized carbons (Fsp3) is 0.462. The molecule has 0 unspecified atom stereocenters. The van der Waals surface area contributed by atoms with Gasteiger partial charge in [0.2, 0.25) is 0 Å². The molecule has 204 valence electrons. The summed E-state index contributed by atoms with van der Waals surface area (Å²) < 4.78 is 70.1. The van der Waals surface area contributed by atoms with Gasteiger partial charge in [-0.1, -0.05) is 11.3 Å². The molecule has 6 nitrogen and oxygen atoms in total. The molecular formula is C26H29F5N6S. The van der Waals surface area contributed by atoms with E-state index in [1.807, 2.05) is 11.9 Å². The minimum Gasteiger partial charge on any atom is -0.367 e. The number of nitrogens with zero attached hydrogens (tertiary/aromatic N) is 4. The molecule has 0 saturated carbocycles. The molecule has 12 heteroatoms. The van der Waals surface area contributed by atoms with E-state index in [0.29, 0.717) is 42.3 Å². The molecule has 3 aromatic rings. The Labute approximate surface area is 221 Å². The summed E-state index contributed by atoms with van der Waals surface area (Å²) in [6.07, 6.45) is -0.262. The molecule has 0 spiro atoms. The summed E-state index contributed by atoms with van der Waals surface area (Å²) in [7, 11) is 1.88. The number of anilines is 3. The summed E-state index contributed by atoms with van der Waals surface area (Å²) in [4.78, 5) is 13.5. The van der Waals surface area contributed by atoms with Crippen LogP contribution in [0.4, 0.5) is 38.6 Å². The van der Waals surface area contributed by atoms with Crippen LogP contribution in [0.1, 0.15) is 36.6 Å². The van der Waals surface area contributed by atoms with E-state index in [-0.39, 0.29) is 28.2 Å². The van der Waals surface area contributed by atoms with Crippen LogP contribution in [-0.4, -0.2) is 53.6 Å². The van der Waals surface area contributed by atoms with Gasteiger partial charge in [-0.25, -0.2) is 18.7 Å². The molecule has 2 atom stereocenters. The van der Waals surface area contributed by atoms with E-state index in [0.717, 1.165) is 37.9 Å². The Kier molecular flexibility index (Phi) is 7.56. The number of rotatable bonds is 7. The number of nitrogens with one attached hydrogen (secondary N) is 2. The van der Waals surface area contributed by atoms with Crippen LogP contribution in [0.15, 0.2) is 30.5 Å². The molecule has 2 fully saturated rings. The first-order chi connectivity index (χ1) is 18.1. The number of hydrogen-bond donors (Lipinski definition) is 2. The lowest BCUT2D eigenvalue weighted by atomic mass is 10.1. The van der Waals surface area contributed by atoms with Gasteiger partial charge in [0, 0.05) is 48.4 Å². The number of pyridine rings is 1. The molecule has 2 aliphatic rings. The van der Waals surface area contributed by atoms with E-state index in [1.54, 1.807) is 6.07 Å². The van der Waals surface area contributed by atoms with Gasteiger partial charge in [-0.15, -0.1) is 0 Å². The minimum absolute atomic E-state index is 0.0213. The van der Waals surface area contributed by atoms with Crippen LogP contribution in [-0.2, 0) is 12.7 Å².